The lowest BCUT2D eigenvalue weighted by Gasteiger charge is -2.18. The molecule has 0 fully saturated rings. The van der Waals surface area contributed by atoms with E-state index < -0.39 is 0 Å². The summed E-state index contributed by atoms with van der Waals surface area (Å²) in [6, 6.07) is 67.2. The second kappa shape index (κ2) is 10.7. The predicted octanol–water partition coefficient (Wildman–Crippen LogP) is 13.6. The van der Waals surface area contributed by atoms with Crippen LogP contribution >= 0.6 is 0 Å². The molecule has 48 heavy (non-hydrogen) atoms. The van der Waals surface area contributed by atoms with Gasteiger partial charge in [-0.15, -0.1) is 0 Å². The van der Waals surface area contributed by atoms with Gasteiger partial charge in [0.05, 0.1) is 0 Å². The zero-order valence-corrected chi connectivity index (χ0v) is 26.3. The van der Waals surface area contributed by atoms with Gasteiger partial charge in [-0.05, 0) is 116 Å². The molecular formula is C48H30. The van der Waals surface area contributed by atoms with Gasteiger partial charge in [-0.25, -0.2) is 0 Å². The minimum absolute atomic E-state index is 1.23. The van der Waals surface area contributed by atoms with Gasteiger partial charge in [0.1, 0.15) is 0 Å². The molecule has 0 amide bonds. The van der Waals surface area contributed by atoms with Gasteiger partial charge in [0.25, 0.3) is 0 Å². The molecular weight excluding hydrogens is 577 g/mol. The van der Waals surface area contributed by atoms with Crippen LogP contribution in [0.4, 0.5) is 0 Å². The van der Waals surface area contributed by atoms with Gasteiger partial charge in [-0.1, -0.05) is 164 Å². The van der Waals surface area contributed by atoms with Gasteiger partial charge in [-0.3, -0.25) is 0 Å². The van der Waals surface area contributed by atoms with Crippen LogP contribution in [-0.2, 0) is 0 Å². The van der Waals surface area contributed by atoms with Crippen molar-refractivity contribution in [2.45, 2.75) is 0 Å². The van der Waals surface area contributed by atoms with Crippen molar-refractivity contribution in [3.63, 3.8) is 0 Å². The van der Waals surface area contributed by atoms with Crippen LogP contribution in [0.15, 0.2) is 182 Å². The first-order valence-corrected chi connectivity index (χ1v) is 16.7. The maximum Gasteiger partial charge on any atom is -0.00921 e. The maximum atomic E-state index is 2.46. The van der Waals surface area contributed by atoms with Gasteiger partial charge >= 0.3 is 0 Å². The lowest BCUT2D eigenvalue weighted by Crippen LogP contribution is -1.91. The smallest absolute Gasteiger partial charge is 0.00921 e. The summed E-state index contributed by atoms with van der Waals surface area (Å²) in [6.45, 7) is 0. The highest BCUT2D eigenvalue weighted by Gasteiger charge is 2.17. The summed E-state index contributed by atoms with van der Waals surface area (Å²) >= 11 is 0. The summed E-state index contributed by atoms with van der Waals surface area (Å²) in [5, 5.41) is 15.2. The van der Waals surface area contributed by atoms with Crippen LogP contribution < -0.4 is 0 Å². The van der Waals surface area contributed by atoms with Crippen LogP contribution in [0.1, 0.15) is 0 Å². The lowest BCUT2D eigenvalue weighted by atomic mass is 9.85. The molecule has 0 N–H and O–H groups in total. The summed E-state index contributed by atoms with van der Waals surface area (Å²) in [7, 11) is 0. The summed E-state index contributed by atoms with van der Waals surface area (Å²) in [6.07, 6.45) is 0. The Labute approximate surface area is 279 Å². The first-order valence-electron chi connectivity index (χ1n) is 16.7. The first-order chi connectivity index (χ1) is 23.8. The van der Waals surface area contributed by atoms with Crippen molar-refractivity contribution in [2.75, 3.05) is 0 Å². The average Bonchev–Trinajstić information content (AvgIpc) is 3.16. The quantitative estimate of drug-likeness (QED) is 0.176. The molecule has 0 aliphatic heterocycles. The molecule has 0 aromatic heterocycles. The van der Waals surface area contributed by atoms with Crippen LogP contribution in [0.3, 0.4) is 0 Å². The molecule has 0 saturated heterocycles. The normalized spacial score (nSPS) is 11.8. The molecule has 0 unspecified atom stereocenters. The Balaban J connectivity index is 1.37. The highest BCUT2D eigenvalue weighted by Crippen LogP contribution is 2.45. The molecule has 0 heterocycles. The zero-order chi connectivity index (χ0) is 31.6. The van der Waals surface area contributed by atoms with Crippen molar-refractivity contribution in [3.8, 4) is 33.4 Å². The molecule has 0 bridgehead atoms. The minimum atomic E-state index is 1.23. The Kier molecular flexibility index (Phi) is 5.98. The van der Waals surface area contributed by atoms with Crippen molar-refractivity contribution < 1.29 is 0 Å². The average molecular weight is 607 g/mol. The summed E-state index contributed by atoms with van der Waals surface area (Å²) in [4.78, 5) is 0. The molecule has 10 aromatic carbocycles. The number of rotatable bonds is 3. The fourth-order valence-electron chi connectivity index (χ4n) is 8.01. The largest absolute Gasteiger partial charge is 0.0616 e. The highest BCUT2D eigenvalue weighted by molar-refractivity contribution is 6.26. The van der Waals surface area contributed by atoms with Gasteiger partial charge in [0.2, 0.25) is 0 Å². The summed E-state index contributed by atoms with van der Waals surface area (Å²) < 4.78 is 0. The second-order valence-electron chi connectivity index (χ2n) is 12.8. The lowest BCUT2D eigenvalue weighted by molar-refractivity contribution is 1.67. The first kappa shape index (κ1) is 26.9. The molecule has 0 spiro atoms. The van der Waals surface area contributed by atoms with Crippen LogP contribution in [0.5, 0.6) is 0 Å². The van der Waals surface area contributed by atoms with Gasteiger partial charge in [0.15, 0.2) is 0 Å². The Morgan fingerprint density at radius 2 is 0.562 bits per heavy atom. The fraction of sp³-hybridized carbons (Fsp3) is 0. The third-order valence-corrected chi connectivity index (χ3v) is 10.2. The predicted molar refractivity (Wildman–Crippen MR) is 208 cm³/mol. The van der Waals surface area contributed by atoms with E-state index in [1.165, 1.54) is 98.0 Å². The Morgan fingerprint density at radius 1 is 0.188 bits per heavy atom. The second-order valence-corrected chi connectivity index (χ2v) is 12.8. The molecule has 0 aliphatic carbocycles. The van der Waals surface area contributed by atoms with E-state index in [2.05, 4.69) is 182 Å². The minimum Gasteiger partial charge on any atom is -0.0616 e. The van der Waals surface area contributed by atoms with Crippen LogP contribution in [0.2, 0.25) is 0 Å². The highest BCUT2D eigenvalue weighted by atomic mass is 14.2. The van der Waals surface area contributed by atoms with E-state index >= 15 is 0 Å². The molecule has 0 aliphatic rings. The van der Waals surface area contributed by atoms with E-state index in [0.29, 0.717) is 0 Å². The molecule has 10 rings (SSSR count). The van der Waals surface area contributed by atoms with E-state index in [1.807, 2.05) is 0 Å². The van der Waals surface area contributed by atoms with Crippen LogP contribution in [-0.4, -0.2) is 0 Å². The molecule has 0 saturated carbocycles. The Bertz CT molecular complexity index is 2870. The number of hydrogen-bond acceptors (Lipinski definition) is 0. The number of hydrogen-bond donors (Lipinski definition) is 0. The van der Waals surface area contributed by atoms with Crippen molar-refractivity contribution >= 4 is 64.6 Å². The molecule has 10 aromatic rings. The van der Waals surface area contributed by atoms with Crippen molar-refractivity contribution in [2.24, 2.45) is 0 Å². The van der Waals surface area contributed by atoms with Crippen molar-refractivity contribution in [1.82, 2.24) is 0 Å². The molecule has 0 atom stereocenters. The topological polar surface area (TPSA) is 0 Å². The van der Waals surface area contributed by atoms with Crippen LogP contribution in [0.25, 0.3) is 98.0 Å². The molecule has 0 radical (unpaired) electrons. The fourth-order valence-corrected chi connectivity index (χ4v) is 8.01. The molecule has 0 heteroatoms. The van der Waals surface area contributed by atoms with E-state index in [1.54, 1.807) is 0 Å². The van der Waals surface area contributed by atoms with E-state index in [4.69, 9.17) is 0 Å². The number of benzene rings is 10. The number of fused-ring (bicyclic) bond motifs is 8. The van der Waals surface area contributed by atoms with Crippen molar-refractivity contribution in [3.05, 3.63) is 182 Å². The molecule has 222 valence electrons. The monoisotopic (exact) mass is 606 g/mol. The SMILES string of the molecule is c1ccc2c(-c3ccc4c(-c5cccc6ccccc56)cc5c6ccccc6c(-c6cccc7ccccc67)cc5c4c3)cccc2c1. The molecule has 0 nitrogen and oxygen atoms in total. The summed E-state index contributed by atoms with van der Waals surface area (Å²) in [5.74, 6) is 0. The third kappa shape index (κ3) is 4.10. The van der Waals surface area contributed by atoms with Crippen molar-refractivity contribution in [1.29, 1.82) is 0 Å². The Hall–Kier alpha value is -6.24. The standard InChI is InChI=1S/C48H30/c1-4-18-35-31(12-1)15-9-23-38(35)34-26-27-43-44(28-34)48-30-45(39-24-10-16-32-13-2-5-19-36(32)39)41-21-7-8-22-42(41)47(48)29-46(43)40-25-11-17-33-14-3-6-20-37(33)40/h1-30H. The van der Waals surface area contributed by atoms with E-state index in [0.717, 1.165) is 0 Å². The van der Waals surface area contributed by atoms with Gasteiger partial charge < -0.3 is 0 Å². The third-order valence-electron chi connectivity index (χ3n) is 10.2. The Morgan fingerprint density at radius 3 is 1.12 bits per heavy atom. The summed E-state index contributed by atoms with van der Waals surface area (Å²) in [5.41, 5.74) is 7.55. The zero-order valence-electron chi connectivity index (χ0n) is 26.3. The maximum absolute atomic E-state index is 2.46. The van der Waals surface area contributed by atoms with Gasteiger partial charge in [-0.2, -0.15) is 0 Å². The van der Waals surface area contributed by atoms with E-state index in [9.17, 15) is 0 Å². The van der Waals surface area contributed by atoms with E-state index in [-0.39, 0.29) is 0 Å². The van der Waals surface area contributed by atoms with Crippen LogP contribution in [0, 0.1) is 0 Å². The van der Waals surface area contributed by atoms with Gasteiger partial charge in [0, 0.05) is 0 Å².